The van der Waals surface area contributed by atoms with Gasteiger partial charge in [0.15, 0.2) is 0 Å². The maximum atomic E-state index is 6.39. The third kappa shape index (κ3) is 3.54. The van der Waals surface area contributed by atoms with Crippen molar-refractivity contribution in [3.63, 3.8) is 0 Å². The second-order valence-electron chi connectivity index (χ2n) is 8.61. The van der Waals surface area contributed by atoms with Crippen LogP contribution in [0.4, 0.5) is 0 Å². The summed E-state index contributed by atoms with van der Waals surface area (Å²) in [4.78, 5) is 0. The lowest BCUT2D eigenvalue weighted by Crippen LogP contribution is -2.27. The SMILES string of the molecule is [B]C(C)(CCC)CCCC1CC[C@@]2(CCCc3c(C)noc32)C1. The molecule has 126 valence electrons. The van der Waals surface area contributed by atoms with Gasteiger partial charge in [-0.1, -0.05) is 56.4 Å². The number of rotatable bonds is 6. The zero-order chi connectivity index (χ0) is 16.5. The van der Waals surface area contributed by atoms with Crippen LogP contribution in [0.2, 0.25) is 5.31 Å². The summed E-state index contributed by atoms with van der Waals surface area (Å²) >= 11 is 0. The monoisotopic (exact) mass is 313 g/mol. The van der Waals surface area contributed by atoms with E-state index < -0.39 is 0 Å². The minimum atomic E-state index is 0.0328. The Labute approximate surface area is 143 Å². The van der Waals surface area contributed by atoms with Crippen molar-refractivity contribution in [2.75, 3.05) is 0 Å². The second kappa shape index (κ2) is 6.65. The van der Waals surface area contributed by atoms with Crippen LogP contribution in [0.25, 0.3) is 0 Å². The molecule has 0 bridgehead atoms. The molecule has 0 aromatic carbocycles. The molecule has 3 rings (SSSR count). The number of aryl methyl sites for hydroxylation is 1. The highest BCUT2D eigenvalue weighted by atomic mass is 16.5. The Hall–Kier alpha value is -0.725. The largest absolute Gasteiger partial charge is 0.360 e. The highest BCUT2D eigenvalue weighted by Crippen LogP contribution is 2.52. The van der Waals surface area contributed by atoms with Gasteiger partial charge in [0.1, 0.15) is 5.76 Å². The molecule has 2 radical (unpaired) electrons. The highest BCUT2D eigenvalue weighted by Gasteiger charge is 2.46. The molecule has 1 aromatic rings. The topological polar surface area (TPSA) is 26.0 Å². The minimum absolute atomic E-state index is 0.0328. The summed E-state index contributed by atoms with van der Waals surface area (Å²) in [5.74, 6) is 2.10. The maximum Gasteiger partial charge on any atom is 0.146 e. The molecule has 2 aliphatic carbocycles. The van der Waals surface area contributed by atoms with Crippen LogP contribution in [-0.2, 0) is 11.8 Å². The molecule has 1 fully saturated rings. The molecule has 1 aromatic heterocycles. The molecule has 2 nitrogen and oxygen atoms in total. The molecule has 1 heterocycles. The summed E-state index contributed by atoms with van der Waals surface area (Å²) in [6, 6.07) is 0. The summed E-state index contributed by atoms with van der Waals surface area (Å²) in [5, 5.41) is 4.30. The van der Waals surface area contributed by atoms with Crippen molar-refractivity contribution in [2.24, 2.45) is 5.92 Å². The number of hydrogen-bond acceptors (Lipinski definition) is 2. The van der Waals surface area contributed by atoms with Crippen LogP contribution in [0.15, 0.2) is 4.52 Å². The van der Waals surface area contributed by atoms with Crippen molar-refractivity contribution >= 4 is 7.85 Å². The Bertz CT molecular complexity index is 536. The number of fused-ring (bicyclic) bond motifs is 2. The van der Waals surface area contributed by atoms with Gasteiger partial charge in [0.25, 0.3) is 0 Å². The zero-order valence-corrected chi connectivity index (χ0v) is 15.3. The Balaban J connectivity index is 1.57. The zero-order valence-electron chi connectivity index (χ0n) is 15.3. The van der Waals surface area contributed by atoms with Gasteiger partial charge in [-0.25, -0.2) is 0 Å². The van der Waals surface area contributed by atoms with Gasteiger partial charge in [-0.15, -0.1) is 0 Å². The van der Waals surface area contributed by atoms with E-state index in [1.807, 2.05) is 0 Å². The first-order chi connectivity index (χ1) is 11.0. The van der Waals surface area contributed by atoms with Gasteiger partial charge in [0.05, 0.1) is 13.5 Å². The van der Waals surface area contributed by atoms with Crippen molar-refractivity contribution in [1.82, 2.24) is 5.16 Å². The van der Waals surface area contributed by atoms with E-state index >= 15 is 0 Å². The summed E-state index contributed by atoms with van der Waals surface area (Å²) in [6.45, 7) is 6.55. The van der Waals surface area contributed by atoms with E-state index in [0.29, 0.717) is 5.41 Å². The number of aromatic nitrogens is 1. The van der Waals surface area contributed by atoms with Crippen molar-refractivity contribution in [3.05, 3.63) is 17.0 Å². The predicted molar refractivity (Wildman–Crippen MR) is 96.1 cm³/mol. The lowest BCUT2D eigenvalue weighted by atomic mass is 9.64. The van der Waals surface area contributed by atoms with Crippen LogP contribution in [0.3, 0.4) is 0 Å². The molecule has 1 saturated carbocycles. The molecular formula is C20H32BNO. The van der Waals surface area contributed by atoms with Crippen molar-refractivity contribution in [1.29, 1.82) is 0 Å². The van der Waals surface area contributed by atoms with Gasteiger partial charge in [-0.05, 0) is 51.4 Å². The lowest BCUT2D eigenvalue weighted by molar-refractivity contribution is 0.248. The van der Waals surface area contributed by atoms with E-state index in [1.165, 1.54) is 69.1 Å². The first-order valence-electron chi connectivity index (χ1n) is 9.70. The predicted octanol–water partition coefficient (Wildman–Crippen LogP) is 5.67. The van der Waals surface area contributed by atoms with Gasteiger partial charge in [-0.3, -0.25) is 0 Å². The molecule has 1 spiro atoms. The summed E-state index contributed by atoms with van der Waals surface area (Å²) in [6.07, 6.45) is 13.8. The fourth-order valence-electron chi connectivity index (χ4n) is 5.22. The first kappa shape index (κ1) is 17.1. The average molecular weight is 313 g/mol. The van der Waals surface area contributed by atoms with E-state index in [4.69, 9.17) is 12.4 Å². The molecule has 0 saturated heterocycles. The van der Waals surface area contributed by atoms with Crippen LogP contribution in [0.5, 0.6) is 0 Å². The molecule has 2 aliphatic rings. The Morgan fingerprint density at radius 1 is 1.35 bits per heavy atom. The number of hydrogen-bond donors (Lipinski definition) is 0. The molecule has 0 aliphatic heterocycles. The second-order valence-corrected chi connectivity index (χ2v) is 8.61. The molecule has 3 heteroatoms. The fraction of sp³-hybridized carbons (Fsp3) is 0.850. The van der Waals surface area contributed by atoms with Crippen molar-refractivity contribution < 1.29 is 4.52 Å². The number of nitrogens with zero attached hydrogens (tertiary/aromatic N) is 1. The average Bonchev–Trinajstić information content (AvgIpc) is 3.06. The first-order valence-corrected chi connectivity index (χ1v) is 9.70. The van der Waals surface area contributed by atoms with Gasteiger partial charge in [-0.2, -0.15) is 0 Å². The normalized spacial score (nSPS) is 29.6. The van der Waals surface area contributed by atoms with E-state index in [2.05, 4.69) is 25.9 Å². The molecular weight excluding hydrogens is 281 g/mol. The molecule has 23 heavy (non-hydrogen) atoms. The van der Waals surface area contributed by atoms with Crippen LogP contribution in [0.1, 0.15) is 95.1 Å². The van der Waals surface area contributed by atoms with Crippen LogP contribution in [0, 0.1) is 12.8 Å². The molecule has 3 atom stereocenters. The maximum absolute atomic E-state index is 6.39. The van der Waals surface area contributed by atoms with Gasteiger partial charge < -0.3 is 4.52 Å². The van der Waals surface area contributed by atoms with Gasteiger partial charge >= 0.3 is 0 Å². The Morgan fingerprint density at radius 2 is 2.17 bits per heavy atom. The molecule has 2 unspecified atom stereocenters. The standard InChI is InChI=1S/C20H32BNO/c1-4-10-19(3,21)11-5-7-16-9-13-20(14-16)12-6-8-17-15(2)22-23-18(17)20/h16H,4-14H2,1-3H3/t16?,19?,20-/m0/s1. The van der Waals surface area contributed by atoms with E-state index in [-0.39, 0.29) is 5.31 Å². The third-order valence-corrected chi connectivity index (χ3v) is 6.44. The van der Waals surface area contributed by atoms with Crippen LogP contribution >= 0.6 is 0 Å². The third-order valence-electron chi connectivity index (χ3n) is 6.44. The summed E-state index contributed by atoms with van der Waals surface area (Å²) in [5.41, 5.74) is 2.87. The minimum Gasteiger partial charge on any atom is -0.360 e. The lowest BCUT2D eigenvalue weighted by Gasteiger charge is -2.31. The fourth-order valence-corrected chi connectivity index (χ4v) is 5.22. The van der Waals surface area contributed by atoms with E-state index in [9.17, 15) is 0 Å². The van der Waals surface area contributed by atoms with Gasteiger partial charge in [0, 0.05) is 11.0 Å². The Kier molecular flexibility index (Phi) is 4.94. The van der Waals surface area contributed by atoms with Crippen LogP contribution < -0.4 is 0 Å². The van der Waals surface area contributed by atoms with Crippen molar-refractivity contribution in [2.45, 2.75) is 102 Å². The summed E-state index contributed by atoms with van der Waals surface area (Å²) < 4.78 is 5.79. The van der Waals surface area contributed by atoms with E-state index in [1.54, 1.807) is 0 Å². The Morgan fingerprint density at radius 3 is 2.96 bits per heavy atom. The van der Waals surface area contributed by atoms with Gasteiger partial charge in [0.2, 0.25) is 0 Å². The molecule has 0 N–H and O–H groups in total. The quantitative estimate of drug-likeness (QED) is 0.632. The summed E-state index contributed by atoms with van der Waals surface area (Å²) in [7, 11) is 6.39. The van der Waals surface area contributed by atoms with Crippen LogP contribution in [-0.4, -0.2) is 13.0 Å². The highest BCUT2D eigenvalue weighted by molar-refractivity contribution is 6.14. The van der Waals surface area contributed by atoms with E-state index in [0.717, 1.165) is 24.5 Å². The van der Waals surface area contributed by atoms with Crippen molar-refractivity contribution in [3.8, 4) is 0 Å². The molecule has 0 amide bonds. The smallest absolute Gasteiger partial charge is 0.146 e.